The number of aromatic nitrogens is 2. The van der Waals surface area contributed by atoms with Crippen LogP contribution < -0.4 is 7.58 Å². The third-order valence-electron chi connectivity index (χ3n) is 4.29. The number of fused-ring (bicyclic) bond motifs is 2. The zero-order chi connectivity index (χ0) is 26.8. The van der Waals surface area contributed by atoms with Crippen molar-refractivity contribution in [3.05, 3.63) is 76.9 Å². The second kappa shape index (κ2) is 9.34. The van der Waals surface area contributed by atoms with Gasteiger partial charge in [-0.15, -0.1) is 0 Å². The summed E-state index contributed by atoms with van der Waals surface area (Å²) in [5, 5.41) is 10.4. The second-order valence-electron chi connectivity index (χ2n) is 6.17. The van der Waals surface area contributed by atoms with E-state index >= 15 is 0 Å². The molecule has 7 nitrogen and oxygen atoms in total. The van der Waals surface area contributed by atoms with Crippen LogP contribution in [0.2, 0.25) is 0 Å². The Balaban J connectivity index is 1.51. The molecule has 146 valence electrons. The van der Waals surface area contributed by atoms with Crippen molar-refractivity contribution in [2.75, 3.05) is 0 Å². The smallest absolute Gasteiger partial charge is 0.626 e. The number of nitrogens with zero attached hydrogens (tertiary/aromatic N) is 4. The first-order valence-electron chi connectivity index (χ1n) is 11.8. The molecule has 0 aliphatic rings. The van der Waals surface area contributed by atoms with Gasteiger partial charge in [0.25, 0.3) is 0 Å². The molecule has 2 heterocycles. The molecular formula is C22H14Al2N4O3. The fourth-order valence-electron chi connectivity index (χ4n) is 2.98. The van der Waals surface area contributed by atoms with Crippen molar-refractivity contribution in [1.82, 2.24) is 9.97 Å². The van der Waals surface area contributed by atoms with Crippen LogP contribution in [0.4, 0.5) is 5.69 Å². The molecule has 9 heteroatoms. The van der Waals surface area contributed by atoms with E-state index in [1.165, 1.54) is 12.1 Å². The van der Waals surface area contributed by atoms with Crippen molar-refractivity contribution < 1.29 is 18.6 Å². The van der Waals surface area contributed by atoms with Crippen molar-refractivity contribution in [2.24, 2.45) is 0 Å². The molecule has 0 aliphatic carbocycles. The van der Waals surface area contributed by atoms with Crippen molar-refractivity contribution in [3.63, 3.8) is 0 Å². The predicted molar refractivity (Wildman–Crippen MR) is 118 cm³/mol. The zero-order valence-corrected chi connectivity index (χ0v) is 18.1. The van der Waals surface area contributed by atoms with Crippen LogP contribution >= 0.6 is 0 Å². The Morgan fingerprint density at radius 2 is 1.58 bits per heavy atom. The van der Waals surface area contributed by atoms with Gasteiger partial charge in [-0.25, -0.2) is 9.83 Å². The van der Waals surface area contributed by atoms with Crippen molar-refractivity contribution in [2.45, 2.75) is 13.7 Å². The van der Waals surface area contributed by atoms with E-state index in [2.05, 4.69) is 14.8 Å². The van der Waals surface area contributed by atoms with Crippen molar-refractivity contribution in [1.29, 1.82) is 5.26 Å². The number of nitriles is 1. The summed E-state index contributed by atoms with van der Waals surface area (Å²) in [6.45, 7) is 2.41. The minimum atomic E-state index is -2.49. The summed E-state index contributed by atoms with van der Waals surface area (Å²) in [7, 11) is 0. The summed E-state index contributed by atoms with van der Waals surface area (Å²) in [6, 6.07) is 14.3. The van der Waals surface area contributed by atoms with Gasteiger partial charge in [0, 0.05) is 30.4 Å². The first-order valence-corrected chi connectivity index (χ1v) is 10.7. The highest BCUT2D eigenvalue weighted by Crippen LogP contribution is 2.31. The molecule has 0 N–H and O–H groups in total. The Hall–Kier alpha value is -3.14. The largest absolute Gasteiger partial charge is 0.743 e. The molecule has 0 atom stereocenters. The molecule has 4 rings (SSSR count). The van der Waals surface area contributed by atoms with E-state index in [1.807, 2.05) is 6.07 Å². The zero-order valence-electron chi connectivity index (χ0n) is 21.8. The Morgan fingerprint density at radius 3 is 2.19 bits per heavy atom. The first-order chi connectivity index (χ1) is 17.5. The highest BCUT2D eigenvalue weighted by Gasteiger charge is 2.14. The molecule has 0 spiro atoms. The summed E-state index contributed by atoms with van der Waals surface area (Å²) in [6.07, 6.45) is 0. The fraction of sp³-hybridized carbons (Fsp3) is 0.0909. The van der Waals surface area contributed by atoms with Crippen LogP contribution in [0.3, 0.4) is 0 Å². The summed E-state index contributed by atoms with van der Waals surface area (Å²) in [5.41, 5.74) is 0.392. The molecule has 0 aliphatic heterocycles. The lowest BCUT2D eigenvalue weighted by Crippen LogP contribution is -2.16. The minimum absolute atomic E-state index is 0.156. The van der Waals surface area contributed by atoms with Gasteiger partial charge in [0.15, 0.2) is 5.69 Å². The second-order valence-corrected chi connectivity index (χ2v) is 8.12. The van der Waals surface area contributed by atoms with E-state index in [9.17, 15) is 5.26 Å². The Kier molecular flexibility index (Phi) is 4.46. The van der Waals surface area contributed by atoms with Gasteiger partial charge in [-0.05, 0) is 38.0 Å². The maximum absolute atomic E-state index is 9.45. The van der Waals surface area contributed by atoms with Gasteiger partial charge in [0.05, 0.1) is 23.7 Å². The molecule has 31 heavy (non-hydrogen) atoms. The van der Waals surface area contributed by atoms with E-state index < -0.39 is 45.5 Å². The van der Waals surface area contributed by atoms with E-state index in [-0.39, 0.29) is 45.2 Å². The number of hydrogen-bond donors (Lipinski definition) is 0. The topological polar surface area (TPSA) is 81.6 Å². The molecule has 0 saturated heterocycles. The van der Waals surface area contributed by atoms with Crippen LogP contribution in [-0.2, 0) is 2.84 Å². The summed E-state index contributed by atoms with van der Waals surface area (Å²) in [4.78, 5) is 11.8. The lowest BCUT2D eigenvalue weighted by atomic mass is 10.1. The Bertz CT molecular complexity index is 1460. The van der Waals surface area contributed by atoms with Crippen LogP contribution in [0, 0.1) is 31.6 Å². The number of hydrogen-bond acceptors (Lipinski definition) is 6. The van der Waals surface area contributed by atoms with Crippen molar-refractivity contribution in [3.8, 4) is 17.6 Å². The van der Waals surface area contributed by atoms with Gasteiger partial charge in [-0.3, -0.25) is 4.98 Å². The normalized spacial score (nSPS) is 14.0. The molecule has 0 bridgehead atoms. The van der Waals surface area contributed by atoms with Crippen LogP contribution in [0.15, 0.2) is 48.5 Å². The van der Waals surface area contributed by atoms with Gasteiger partial charge in [0.1, 0.15) is 17.0 Å². The number of para-hydroxylation sites is 2. The van der Waals surface area contributed by atoms with Crippen LogP contribution in [0.5, 0.6) is 11.5 Å². The van der Waals surface area contributed by atoms with Gasteiger partial charge < -0.3 is 10.4 Å². The number of pyridine rings is 2. The maximum atomic E-state index is 9.45. The Morgan fingerprint density at radius 1 is 0.968 bits per heavy atom. The van der Waals surface area contributed by atoms with Gasteiger partial charge in [0.2, 0.25) is 0 Å². The number of benzene rings is 2. The minimum Gasteiger partial charge on any atom is -0.626 e. The highest BCUT2D eigenvalue weighted by molar-refractivity contribution is 6.35. The van der Waals surface area contributed by atoms with E-state index in [1.54, 1.807) is 36.4 Å². The average molecular weight is 442 g/mol. The quantitative estimate of drug-likeness (QED) is 0.251. The predicted octanol–water partition coefficient (Wildman–Crippen LogP) is 4.37. The van der Waals surface area contributed by atoms with Gasteiger partial charge in [-0.1, -0.05) is 24.3 Å². The van der Waals surface area contributed by atoms with E-state index in [4.69, 9.17) is 25.2 Å². The van der Waals surface area contributed by atoms with Gasteiger partial charge >= 0.3 is 31.8 Å². The monoisotopic (exact) mass is 442 g/mol. The molecule has 0 saturated carbocycles. The van der Waals surface area contributed by atoms with Crippen LogP contribution in [-0.4, -0.2) is 41.7 Å². The lowest BCUT2D eigenvalue weighted by Gasteiger charge is -2.12. The first kappa shape index (κ1) is 14.8. The molecule has 2 aromatic heterocycles. The average Bonchev–Trinajstić information content (AvgIpc) is 2.86. The molecule has 2 radical (unpaired) electrons. The van der Waals surface area contributed by atoms with E-state index in [0.717, 1.165) is 0 Å². The molecule has 0 fully saturated rings. The summed E-state index contributed by atoms with van der Waals surface area (Å²) < 4.78 is 62.8. The lowest BCUT2D eigenvalue weighted by molar-refractivity contribution is 0.420. The SMILES string of the molecule is [2H]C([2H])([2H])c1cc(C#N)c2cccc([O][Al][O][Al][O]c3cccc4c([N+]#[C-])cc(C([2H])([2H])[2H])nc34)c2n1. The molecule has 0 amide bonds. The third kappa shape index (κ3) is 4.48. The molecular weight excluding hydrogens is 422 g/mol. The number of rotatable bonds is 6. The van der Waals surface area contributed by atoms with Crippen LogP contribution in [0.25, 0.3) is 26.7 Å². The molecule has 2 aromatic carbocycles. The number of aryl methyl sites for hydroxylation is 2. The van der Waals surface area contributed by atoms with E-state index in [0.29, 0.717) is 10.8 Å². The highest BCUT2D eigenvalue weighted by atomic mass is 27.3. The molecule has 4 aromatic rings. The fourth-order valence-corrected chi connectivity index (χ4v) is 4.20. The third-order valence-corrected chi connectivity index (χ3v) is 5.87. The standard InChI is InChI=1S/2C11H8N2O.2Al.O/c1-7-6-9(12-2)8-4-3-5-10(14)11(8)13-7;1-7-5-8(6-12)9-3-2-4-10(14)11(9)13-7;;;/h3-6,14H,1H3;2-5,14H,1H3;;;/q;;2*+1;/p-2/i2*1D3;;;. The molecule has 0 unspecified atom stereocenters. The summed E-state index contributed by atoms with van der Waals surface area (Å²) in [5.74, 6) is 0.543. The van der Waals surface area contributed by atoms with Crippen molar-refractivity contribution >= 4 is 59.3 Å². The summed E-state index contributed by atoms with van der Waals surface area (Å²) >= 11 is -2.20. The van der Waals surface area contributed by atoms with Gasteiger partial charge in [-0.2, -0.15) is 5.26 Å². The maximum Gasteiger partial charge on any atom is 0.743 e. The Labute approximate surface area is 201 Å². The van der Waals surface area contributed by atoms with Crippen LogP contribution in [0.1, 0.15) is 25.2 Å².